The molecule has 20 heavy (non-hydrogen) atoms. The fourth-order valence-corrected chi connectivity index (χ4v) is 2.57. The van der Waals surface area contributed by atoms with Gasteiger partial charge in [0.25, 0.3) is 0 Å². The zero-order valence-electron chi connectivity index (χ0n) is 10.1. The molecule has 0 aliphatic carbocycles. The van der Waals surface area contributed by atoms with Crippen molar-refractivity contribution in [1.29, 1.82) is 0 Å². The second-order valence-corrected chi connectivity index (χ2v) is 5.47. The minimum absolute atomic E-state index is 0.486. The first-order chi connectivity index (χ1) is 9.59. The van der Waals surface area contributed by atoms with Crippen LogP contribution in [0.2, 0.25) is 10.0 Å². The lowest BCUT2D eigenvalue weighted by Gasteiger charge is -2.15. The normalized spacial score (nSPS) is 14.0. The zero-order chi connectivity index (χ0) is 14.5. The number of benzene rings is 2. The summed E-state index contributed by atoms with van der Waals surface area (Å²) in [4.78, 5) is 10.1. The van der Waals surface area contributed by atoms with Gasteiger partial charge >= 0.3 is 0 Å². The molecule has 0 saturated heterocycles. The first-order valence-corrected chi connectivity index (χ1v) is 7.31. The molecule has 2 atom stereocenters. The second kappa shape index (κ2) is 7.51. The summed E-state index contributed by atoms with van der Waals surface area (Å²) in [6.45, 7) is 0. The van der Waals surface area contributed by atoms with Crippen molar-refractivity contribution in [2.45, 2.75) is 11.1 Å². The fraction of sp³-hybridized carbons (Fsp3) is 0.143. The van der Waals surface area contributed by atoms with Gasteiger partial charge in [0.05, 0.1) is 0 Å². The Hall–Kier alpha value is -0.480. The SMILES string of the molecule is Clc1ccccc1C(Cl)OOC(Cl)c1ccccc1Cl. The highest BCUT2D eigenvalue weighted by Crippen LogP contribution is 2.33. The van der Waals surface area contributed by atoms with E-state index in [4.69, 9.17) is 56.2 Å². The molecule has 0 amide bonds. The number of alkyl halides is 2. The summed E-state index contributed by atoms with van der Waals surface area (Å²) in [7, 11) is 0. The zero-order valence-corrected chi connectivity index (χ0v) is 13.1. The summed E-state index contributed by atoms with van der Waals surface area (Å²) < 4.78 is 0. The van der Waals surface area contributed by atoms with Crippen LogP contribution >= 0.6 is 46.4 Å². The second-order valence-electron chi connectivity index (χ2n) is 3.87. The molecule has 0 aliphatic heterocycles. The van der Waals surface area contributed by atoms with Gasteiger partial charge < -0.3 is 0 Å². The number of rotatable bonds is 5. The third-order valence-corrected chi connectivity index (χ3v) is 3.83. The molecule has 2 unspecified atom stereocenters. The van der Waals surface area contributed by atoms with Crippen LogP contribution in [0.25, 0.3) is 0 Å². The molecule has 0 radical (unpaired) electrons. The van der Waals surface area contributed by atoms with E-state index in [-0.39, 0.29) is 0 Å². The Morgan fingerprint density at radius 2 is 1.00 bits per heavy atom. The molecule has 106 valence electrons. The largest absolute Gasteiger partial charge is 0.210 e. The summed E-state index contributed by atoms with van der Waals surface area (Å²) in [6.07, 6.45) is 0. The first-order valence-electron chi connectivity index (χ1n) is 5.68. The van der Waals surface area contributed by atoms with Crippen molar-refractivity contribution in [3.8, 4) is 0 Å². The molecular formula is C14H10Cl4O2. The number of halogens is 4. The van der Waals surface area contributed by atoms with Crippen molar-refractivity contribution in [1.82, 2.24) is 0 Å². The van der Waals surface area contributed by atoms with E-state index in [0.29, 0.717) is 21.2 Å². The summed E-state index contributed by atoms with van der Waals surface area (Å²) in [5.41, 5.74) is -0.544. The molecule has 0 aliphatic rings. The quantitative estimate of drug-likeness (QED) is 0.367. The van der Waals surface area contributed by atoms with Crippen molar-refractivity contribution < 1.29 is 9.78 Å². The fourth-order valence-electron chi connectivity index (χ4n) is 1.52. The molecule has 2 aromatic carbocycles. The minimum atomic E-state index is -0.868. The van der Waals surface area contributed by atoms with Crippen LogP contribution in [-0.2, 0) is 9.78 Å². The Labute approximate surface area is 137 Å². The average Bonchev–Trinajstić information content (AvgIpc) is 2.45. The van der Waals surface area contributed by atoms with E-state index in [1.165, 1.54) is 0 Å². The lowest BCUT2D eigenvalue weighted by Crippen LogP contribution is -2.03. The summed E-state index contributed by atoms with van der Waals surface area (Å²) in [5.74, 6) is 0. The van der Waals surface area contributed by atoms with Crippen molar-refractivity contribution in [3.63, 3.8) is 0 Å². The summed E-state index contributed by atoms with van der Waals surface area (Å²) in [5, 5.41) is 0.972. The molecule has 0 N–H and O–H groups in total. The van der Waals surface area contributed by atoms with Gasteiger partial charge in [0.1, 0.15) is 0 Å². The van der Waals surface area contributed by atoms with Crippen LogP contribution in [0.3, 0.4) is 0 Å². The highest BCUT2D eigenvalue weighted by atomic mass is 35.5. The van der Waals surface area contributed by atoms with Gasteiger partial charge in [-0.05, 0) is 12.1 Å². The van der Waals surface area contributed by atoms with Gasteiger partial charge in [0, 0.05) is 21.2 Å². The average molecular weight is 352 g/mol. The molecule has 0 aromatic heterocycles. The van der Waals surface area contributed by atoms with Crippen LogP contribution in [0.1, 0.15) is 22.3 Å². The predicted molar refractivity (Wildman–Crippen MR) is 82.3 cm³/mol. The molecule has 0 saturated carbocycles. The van der Waals surface area contributed by atoms with E-state index in [1.54, 1.807) is 48.5 Å². The third kappa shape index (κ3) is 4.01. The van der Waals surface area contributed by atoms with Crippen molar-refractivity contribution in [2.75, 3.05) is 0 Å². The van der Waals surface area contributed by atoms with Gasteiger partial charge in [-0.3, -0.25) is 0 Å². The topological polar surface area (TPSA) is 18.5 Å². The van der Waals surface area contributed by atoms with Gasteiger partial charge in [-0.2, -0.15) is 0 Å². The Morgan fingerprint density at radius 1 is 0.650 bits per heavy atom. The lowest BCUT2D eigenvalue weighted by molar-refractivity contribution is -0.322. The number of hydrogen-bond acceptors (Lipinski definition) is 2. The Bertz CT molecular complexity index is 525. The predicted octanol–water partition coefficient (Wildman–Crippen LogP) is 6.12. The standard InChI is InChI=1S/C14H10Cl4O2/c15-11-7-3-1-5-9(11)13(17)19-20-14(18)10-6-2-4-8-12(10)16/h1-8,13-14H. The molecule has 2 nitrogen and oxygen atoms in total. The smallest absolute Gasteiger partial charge is 0.193 e. The van der Waals surface area contributed by atoms with Gasteiger partial charge in [0.2, 0.25) is 0 Å². The van der Waals surface area contributed by atoms with Gasteiger partial charge in [-0.15, -0.1) is 0 Å². The highest BCUT2D eigenvalue weighted by Gasteiger charge is 2.18. The van der Waals surface area contributed by atoms with Crippen LogP contribution in [0.5, 0.6) is 0 Å². The Kier molecular flexibility index (Phi) is 5.97. The monoisotopic (exact) mass is 350 g/mol. The van der Waals surface area contributed by atoms with E-state index in [2.05, 4.69) is 0 Å². The maximum Gasteiger partial charge on any atom is 0.193 e. The third-order valence-electron chi connectivity index (χ3n) is 2.52. The molecule has 2 rings (SSSR count). The van der Waals surface area contributed by atoms with Crippen molar-refractivity contribution in [3.05, 3.63) is 69.7 Å². The van der Waals surface area contributed by atoms with E-state index >= 15 is 0 Å². The van der Waals surface area contributed by atoms with E-state index in [0.717, 1.165) is 0 Å². The lowest BCUT2D eigenvalue weighted by atomic mass is 10.2. The number of hydrogen-bond donors (Lipinski definition) is 0. The van der Waals surface area contributed by atoms with E-state index in [1.807, 2.05) is 0 Å². The summed E-state index contributed by atoms with van der Waals surface area (Å²) in [6, 6.07) is 14.1. The van der Waals surface area contributed by atoms with Gasteiger partial charge in [0.15, 0.2) is 11.1 Å². The maximum atomic E-state index is 6.06. The van der Waals surface area contributed by atoms with Crippen molar-refractivity contribution >= 4 is 46.4 Å². The highest BCUT2D eigenvalue weighted by molar-refractivity contribution is 6.33. The molecular weight excluding hydrogens is 342 g/mol. The van der Waals surface area contributed by atoms with Gasteiger partial charge in [-0.25, -0.2) is 9.78 Å². The summed E-state index contributed by atoms with van der Waals surface area (Å²) >= 11 is 24.1. The maximum absolute atomic E-state index is 6.06. The first kappa shape index (κ1) is 15.9. The van der Waals surface area contributed by atoms with E-state index in [9.17, 15) is 0 Å². The van der Waals surface area contributed by atoms with E-state index < -0.39 is 11.1 Å². The molecule has 0 bridgehead atoms. The molecule has 0 heterocycles. The van der Waals surface area contributed by atoms with Crippen molar-refractivity contribution in [2.24, 2.45) is 0 Å². The van der Waals surface area contributed by atoms with Crippen LogP contribution < -0.4 is 0 Å². The molecule has 6 heteroatoms. The molecule has 0 spiro atoms. The Balaban J connectivity index is 1.99. The van der Waals surface area contributed by atoms with Crippen LogP contribution in [0.15, 0.2) is 48.5 Å². The Morgan fingerprint density at radius 3 is 1.35 bits per heavy atom. The van der Waals surface area contributed by atoms with Crippen LogP contribution in [0.4, 0.5) is 0 Å². The van der Waals surface area contributed by atoms with Gasteiger partial charge in [-0.1, -0.05) is 82.8 Å². The van der Waals surface area contributed by atoms with Crippen LogP contribution in [-0.4, -0.2) is 0 Å². The minimum Gasteiger partial charge on any atom is -0.210 e. The molecule has 0 fully saturated rings. The van der Waals surface area contributed by atoms with Crippen LogP contribution in [0, 0.1) is 0 Å². The molecule has 2 aromatic rings.